The molecule has 1 unspecified atom stereocenters. The Labute approximate surface area is 330 Å². The van der Waals surface area contributed by atoms with Crippen LogP contribution in [0.4, 0.5) is 5.82 Å². The number of pyridine rings is 1. The molecule has 0 amide bonds. The Kier molecular flexibility index (Phi) is 10.0. The molecule has 2 N–H and O–H groups in total. The third-order valence-electron chi connectivity index (χ3n) is 16.5. The number of ether oxygens (including phenoxy) is 1. The van der Waals surface area contributed by atoms with Crippen LogP contribution in [0.1, 0.15) is 128 Å². The number of allylic oxidation sites excluding steroid dienone is 1. The SMILES string of the molecule is C[C@@H]1CN(CCCCCO[C@H]2CC[C@H]3[C@@H]4CC[C@H]5CC(O)CC[C@]5(C)[C@H]4CC[C@]23C)CCN1c1cc(C2([S@](C)(=N)=O)CC2)nc(-c2ccnc3c2C=CC3)n1. The van der Waals surface area contributed by atoms with Crippen molar-refractivity contribution in [3.8, 4) is 11.4 Å². The van der Waals surface area contributed by atoms with Crippen molar-refractivity contribution in [3.63, 3.8) is 0 Å². The summed E-state index contributed by atoms with van der Waals surface area (Å²) in [7, 11) is -2.83. The lowest BCUT2D eigenvalue weighted by molar-refractivity contribution is -0.141. The van der Waals surface area contributed by atoms with Gasteiger partial charge in [0, 0.05) is 68.3 Å². The van der Waals surface area contributed by atoms with Gasteiger partial charge in [-0.15, -0.1) is 0 Å². The molecule has 5 saturated carbocycles. The number of aliphatic hydroxyl groups excluding tert-OH is 1. The zero-order chi connectivity index (χ0) is 38.2. The van der Waals surface area contributed by atoms with Gasteiger partial charge < -0.3 is 14.7 Å². The first kappa shape index (κ1) is 38.1. The number of aliphatic hydroxyl groups is 1. The molecule has 2 aromatic rings. The average molecular weight is 771 g/mol. The maximum absolute atomic E-state index is 13.3. The van der Waals surface area contributed by atoms with Crippen LogP contribution >= 0.6 is 0 Å². The third kappa shape index (κ3) is 6.70. The molecule has 7 aliphatic rings. The molecule has 6 aliphatic carbocycles. The van der Waals surface area contributed by atoms with Crippen LogP contribution in [-0.4, -0.2) is 86.5 Å². The Morgan fingerprint density at radius 3 is 2.60 bits per heavy atom. The Hall–Kier alpha value is -2.40. The van der Waals surface area contributed by atoms with E-state index in [0.717, 1.165) is 123 Å². The van der Waals surface area contributed by atoms with Gasteiger partial charge in [0.15, 0.2) is 5.82 Å². The van der Waals surface area contributed by atoms with E-state index in [-0.39, 0.29) is 12.1 Å². The van der Waals surface area contributed by atoms with Crippen molar-refractivity contribution < 1.29 is 14.1 Å². The van der Waals surface area contributed by atoms with Gasteiger partial charge in [-0.25, -0.2) is 14.2 Å². The predicted molar refractivity (Wildman–Crippen MR) is 220 cm³/mol. The molecule has 300 valence electrons. The first-order valence-corrected chi connectivity index (χ1v) is 23.9. The van der Waals surface area contributed by atoms with E-state index in [1.54, 1.807) is 6.26 Å². The summed E-state index contributed by atoms with van der Waals surface area (Å²) >= 11 is 0. The number of hydrogen-bond donors (Lipinski definition) is 2. The molecule has 9 nitrogen and oxygen atoms in total. The van der Waals surface area contributed by atoms with Gasteiger partial charge in [0.25, 0.3) is 0 Å². The molecular weight excluding hydrogens is 705 g/mol. The first-order valence-electron chi connectivity index (χ1n) is 22.0. The number of unbranched alkanes of at least 4 members (excludes halogenated alkanes) is 2. The highest BCUT2D eigenvalue weighted by molar-refractivity contribution is 7.93. The third-order valence-corrected chi connectivity index (χ3v) is 18.6. The fraction of sp³-hybridized carbons (Fsp3) is 0.756. The van der Waals surface area contributed by atoms with Gasteiger partial charge in [-0.2, -0.15) is 0 Å². The quantitative estimate of drug-likeness (QED) is 0.220. The van der Waals surface area contributed by atoms with E-state index in [1.807, 2.05) is 18.3 Å². The van der Waals surface area contributed by atoms with Gasteiger partial charge in [-0.05, 0) is 144 Å². The Bertz CT molecular complexity index is 1900. The normalized spacial score (nSPS) is 37.5. The minimum absolute atomic E-state index is 0.0632. The molecule has 0 bridgehead atoms. The minimum Gasteiger partial charge on any atom is -0.393 e. The lowest BCUT2D eigenvalue weighted by Crippen LogP contribution is -2.54. The van der Waals surface area contributed by atoms with Crippen LogP contribution in [0.25, 0.3) is 17.5 Å². The Morgan fingerprint density at radius 1 is 0.982 bits per heavy atom. The monoisotopic (exact) mass is 770 g/mol. The van der Waals surface area contributed by atoms with Gasteiger partial charge >= 0.3 is 0 Å². The number of hydrogen-bond acceptors (Lipinski definition) is 9. The van der Waals surface area contributed by atoms with Crippen LogP contribution in [0.2, 0.25) is 0 Å². The van der Waals surface area contributed by atoms with Crippen LogP contribution in [-0.2, 0) is 25.6 Å². The molecule has 1 saturated heterocycles. The molecule has 0 radical (unpaired) electrons. The lowest BCUT2D eigenvalue weighted by Gasteiger charge is -2.60. The largest absolute Gasteiger partial charge is 0.393 e. The fourth-order valence-corrected chi connectivity index (χ4v) is 14.5. The average Bonchev–Trinajstić information content (AvgIpc) is 3.74. The highest BCUT2D eigenvalue weighted by Gasteiger charge is 2.60. The summed E-state index contributed by atoms with van der Waals surface area (Å²) in [6.45, 7) is 12.3. The van der Waals surface area contributed by atoms with Crippen molar-refractivity contribution in [1.82, 2.24) is 19.9 Å². The standard InChI is InChI=1S/C45H66N6O3S/c1-30-29-50(23-6-5-7-26-54-40-14-13-36-35-12-11-31-27-32(52)15-18-43(31,2)37(35)16-19-44(36,40)3)24-25-51(30)41-28-39(45(20-21-45)55(4,46)53)48-42(49-41)34-17-22-47-38-10-8-9-33(34)38/h8-9,17,22,28,30-32,35-37,40,46,52H,5-7,10-16,18-21,23-27,29H2,1-4H3/t30-,31+,32?,35+,36+,37+,40+,43+,44+,55-/m1/s1. The van der Waals surface area contributed by atoms with Gasteiger partial charge in [0.2, 0.25) is 0 Å². The van der Waals surface area contributed by atoms with Gasteiger partial charge in [-0.3, -0.25) is 14.7 Å². The maximum Gasteiger partial charge on any atom is 0.162 e. The summed E-state index contributed by atoms with van der Waals surface area (Å²) in [5, 5.41) is 10.4. The Balaban J connectivity index is 0.774. The van der Waals surface area contributed by atoms with E-state index in [0.29, 0.717) is 22.8 Å². The summed E-state index contributed by atoms with van der Waals surface area (Å²) in [5.74, 6) is 4.79. The number of nitrogens with zero attached hydrogens (tertiary/aromatic N) is 5. The second-order valence-corrected chi connectivity index (χ2v) is 22.0. The number of rotatable bonds is 11. The van der Waals surface area contributed by atoms with E-state index >= 15 is 0 Å². The van der Waals surface area contributed by atoms with Crippen molar-refractivity contribution >= 4 is 21.6 Å². The molecule has 6 fully saturated rings. The number of aromatic nitrogens is 3. The highest BCUT2D eigenvalue weighted by Crippen LogP contribution is 2.66. The number of nitrogens with one attached hydrogen (secondary N) is 1. The van der Waals surface area contributed by atoms with E-state index in [9.17, 15) is 9.32 Å². The molecule has 0 spiro atoms. The molecule has 1 aliphatic heterocycles. The summed E-state index contributed by atoms with van der Waals surface area (Å²) in [5.41, 5.74) is 4.62. The molecule has 9 rings (SSSR count). The number of fused-ring (bicyclic) bond motifs is 6. The molecule has 10 heteroatoms. The van der Waals surface area contributed by atoms with Gasteiger partial charge in [0.1, 0.15) is 5.82 Å². The van der Waals surface area contributed by atoms with Gasteiger partial charge in [-0.1, -0.05) is 26.0 Å². The predicted octanol–water partition coefficient (Wildman–Crippen LogP) is 8.24. The molecular formula is C45H66N6O3S. The van der Waals surface area contributed by atoms with Crippen LogP contribution in [0.3, 0.4) is 0 Å². The molecule has 2 aromatic heterocycles. The van der Waals surface area contributed by atoms with E-state index in [4.69, 9.17) is 19.5 Å². The lowest BCUT2D eigenvalue weighted by atomic mass is 9.45. The second kappa shape index (κ2) is 14.5. The van der Waals surface area contributed by atoms with Crippen LogP contribution in [0.5, 0.6) is 0 Å². The van der Waals surface area contributed by atoms with Gasteiger partial charge in [0.05, 0.1) is 38.1 Å². The van der Waals surface area contributed by atoms with Crippen molar-refractivity contribution in [1.29, 1.82) is 4.78 Å². The second-order valence-electron chi connectivity index (χ2n) is 19.6. The first-order chi connectivity index (χ1) is 26.4. The fourth-order valence-electron chi connectivity index (χ4n) is 13.1. The molecule has 3 heterocycles. The number of anilines is 1. The van der Waals surface area contributed by atoms with Crippen molar-refractivity contribution in [2.75, 3.05) is 43.9 Å². The zero-order valence-corrected chi connectivity index (χ0v) is 34.8. The summed E-state index contributed by atoms with van der Waals surface area (Å²) < 4.78 is 28.0. The van der Waals surface area contributed by atoms with Crippen molar-refractivity contribution in [2.45, 2.75) is 140 Å². The number of piperazine rings is 1. The van der Waals surface area contributed by atoms with Crippen LogP contribution in [0.15, 0.2) is 24.4 Å². The van der Waals surface area contributed by atoms with E-state index in [1.165, 1.54) is 57.8 Å². The summed E-state index contributed by atoms with van der Waals surface area (Å²) in [6.07, 6.45) is 25.1. The molecule has 0 aromatic carbocycles. The van der Waals surface area contributed by atoms with Crippen LogP contribution in [0, 0.1) is 39.3 Å². The van der Waals surface area contributed by atoms with Crippen LogP contribution < -0.4 is 4.90 Å². The minimum atomic E-state index is -2.83. The topological polar surface area (TPSA) is 116 Å². The zero-order valence-electron chi connectivity index (χ0n) is 34.0. The molecule has 55 heavy (non-hydrogen) atoms. The molecule has 10 atom stereocenters. The van der Waals surface area contributed by atoms with Crippen molar-refractivity contribution in [2.24, 2.45) is 34.5 Å². The highest BCUT2D eigenvalue weighted by atomic mass is 32.2. The van der Waals surface area contributed by atoms with E-state index in [2.05, 4.69) is 47.7 Å². The van der Waals surface area contributed by atoms with E-state index < -0.39 is 14.5 Å². The summed E-state index contributed by atoms with van der Waals surface area (Å²) in [6, 6.07) is 4.32. The maximum atomic E-state index is 13.3. The Morgan fingerprint density at radius 2 is 1.80 bits per heavy atom. The van der Waals surface area contributed by atoms with Crippen molar-refractivity contribution in [3.05, 3.63) is 41.4 Å². The smallest absolute Gasteiger partial charge is 0.162 e. The summed E-state index contributed by atoms with van der Waals surface area (Å²) in [4.78, 5) is 19.8.